The van der Waals surface area contributed by atoms with E-state index in [0.29, 0.717) is 17.9 Å². The molecule has 0 aliphatic carbocycles. The first-order chi connectivity index (χ1) is 11.7. The molecule has 1 N–H and O–H groups in total. The number of thiazole rings is 1. The highest BCUT2D eigenvalue weighted by molar-refractivity contribution is 7.91. The average Bonchev–Trinajstić information content (AvgIpc) is 3.16. The van der Waals surface area contributed by atoms with Gasteiger partial charge in [-0.05, 0) is 26.2 Å². The lowest BCUT2D eigenvalue weighted by atomic mass is 10.1. The van der Waals surface area contributed by atoms with Gasteiger partial charge in [0.15, 0.2) is 9.84 Å². The molecule has 2 aromatic heterocycles. The number of sulfone groups is 1. The van der Waals surface area contributed by atoms with Gasteiger partial charge >= 0.3 is 0 Å². The van der Waals surface area contributed by atoms with E-state index >= 15 is 0 Å². The van der Waals surface area contributed by atoms with Gasteiger partial charge in [0.1, 0.15) is 11.5 Å². The number of amides is 1. The molecule has 1 aliphatic heterocycles. The summed E-state index contributed by atoms with van der Waals surface area (Å²) in [7, 11) is -3.03. The molecule has 0 bridgehead atoms. The van der Waals surface area contributed by atoms with E-state index in [-0.39, 0.29) is 29.4 Å². The third-order valence-electron chi connectivity index (χ3n) is 4.15. The van der Waals surface area contributed by atoms with Crippen molar-refractivity contribution in [2.24, 2.45) is 0 Å². The van der Waals surface area contributed by atoms with E-state index in [2.05, 4.69) is 15.4 Å². The van der Waals surface area contributed by atoms with Crippen LogP contribution in [0, 0.1) is 13.8 Å². The molecule has 1 aliphatic rings. The molecule has 1 amide bonds. The van der Waals surface area contributed by atoms with Crippen LogP contribution in [0.1, 0.15) is 58.3 Å². The Hall–Kier alpha value is -1.74. The van der Waals surface area contributed by atoms with E-state index in [9.17, 15) is 13.2 Å². The van der Waals surface area contributed by atoms with Crippen molar-refractivity contribution in [1.82, 2.24) is 14.8 Å². The van der Waals surface area contributed by atoms with Crippen molar-refractivity contribution in [1.29, 1.82) is 0 Å². The van der Waals surface area contributed by atoms with Crippen molar-refractivity contribution >= 4 is 32.9 Å². The zero-order chi connectivity index (χ0) is 18.4. The van der Waals surface area contributed by atoms with E-state index in [1.54, 1.807) is 10.7 Å². The lowest BCUT2D eigenvalue weighted by molar-refractivity contribution is 0.102. The summed E-state index contributed by atoms with van der Waals surface area (Å²) in [6.07, 6.45) is 0.513. The number of hydrogen-bond donors (Lipinski definition) is 1. The summed E-state index contributed by atoms with van der Waals surface area (Å²) in [6, 6.07) is 1.52. The van der Waals surface area contributed by atoms with Crippen LogP contribution >= 0.6 is 11.3 Å². The fourth-order valence-electron chi connectivity index (χ4n) is 3.03. The van der Waals surface area contributed by atoms with Gasteiger partial charge < -0.3 is 5.32 Å². The number of hydrogen-bond acceptors (Lipinski definition) is 6. The number of nitrogens with zero attached hydrogens (tertiary/aromatic N) is 3. The number of aryl methyl sites for hydroxylation is 2. The minimum absolute atomic E-state index is 0.0596. The normalized spacial score (nSPS) is 19.5. The summed E-state index contributed by atoms with van der Waals surface area (Å²) in [5.41, 5.74) is 1.17. The molecule has 3 rings (SSSR count). The molecule has 2 aromatic rings. The molecule has 25 heavy (non-hydrogen) atoms. The van der Waals surface area contributed by atoms with Crippen LogP contribution in [0.5, 0.6) is 0 Å². The monoisotopic (exact) mass is 382 g/mol. The Morgan fingerprint density at radius 2 is 2.12 bits per heavy atom. The number of carbonyl (C=O) groups is 1. The first-order valence-electron chi connectivity index (χ1n) is 8.21. The fourth-order valence-corrected chi connectivity index (χ4v) is 5.65. The van der Waals surface area contributed by atoms with Gasteiger partial charge in [0.05, 0.1) is 28.2 Å². The highest BCUT2D eigenvalue weighted by atomic mass is 32.2. The van der Waals surface area contributed by atoms with Gasteiger partial charge in [0.25, 0.3) is 5.91 Å². The van der Waals surface area contributed by atoms with Crippen LogP contribution in [0.15, 0.2) is 6.07 Å². The van der Waals surface area contributed by atoms with Crippen LogP contribution in [0.2, 0.25) is 0 Å². The minimum Gasteiger partial charge on any atom is -0.305 e. The van der Waals surface area contributed by atoms with E-state index in [4.69, 9.17) is 0 Å². The number of anilines is 1. The number of carbonyl (C=O) groups excluding carboxylic acids is 1. The predicted molar refractivity (Wildman–Crippen MR) is 98.2 cm³/mol. The fraction of sp³-hybridized carbons (Fsp3) is 0.562. The molecule has 136 valence electrons. The average molecular weight is 383 g/mol. The zero-order valence-corrected chi connectivity index (χ0v) is 16.4. The molecule has 1 atom stereocenters. The van der Waals surface area contributed by atoms with Gasteiger partial charge in [-0.2, -0.15) is 5.10 Å². The summed E-state index contributed by atoms with van der Waals surface area (Å²) >= 11 is 1.52. The van der Waals surface area contributed by atoms with Gasteiger partial charge in [0, 0.05) is 10.9 Å². The standard InChI is InChI=1S/C16H22N4O3S2/c1-9(2)15-14(17-11(4)24-15)16(21)18-13-7-10(3)19-20(13)12-5-6-25(22,23)8-12/h7,9,12H,5-6,8H2,1-4H3,(H,18,21)/t12-/m1/s1. The maximum Gasteiger partial charge on any atom is 0.276 e. The highest BCUT2D eigenvalue weighted by Gasteiger charge is 2.31. The summed E-state index contributed by atoms with van der Waals surface area (Å²) < 4.78 is 25.2. The van der Waals surface area contributed by atoms with Gasteiger partial charge in [-0.15, -0.1) is 11.3 Å². The van der Waals surface area contributed by atoms with Gasteiger partial charge in [-0.3, -0.25) is 4.79 Å². The van der Waals surface area contributed by atoms with E-state index in [0.717, 1.165) is 15.6 Å². The first kappa shape index (κ1) is 18.1. The lowest BCUT2D eigenvalue weighted by Crippen LogP contribution is -2.20. The molecule has 9 heteroatoms. The van der Waals surface area contributed by atoms with Crippen LogP contribution in [0.3, 0.4) is 0 Å². The van der Waals surface area contributed by atoms with E-state index in [1.165, 1.54) is 11.3 Å². The number of nitrogens with one attached hydrogen (secondary N) is 1. The molecule has 3 heterocycles. The largest absolute Gasteiger partial charge is 0.305 e. The molecule has 0 radical (unpaired) electrons. The molecule has 7 nitrogen and oxygen atoms in total. The molecular formula is C16H22N4O3S2. The topological polar surface area (TPSA) is 94.0 Å². The maximum absolute atomic E-state index is 12.7. The summed E-state index contributed by atoms with van der Waals surface area (Å²) in [5, 5.41) is 8.11. The molecule has 0 unspecified atom stereocenters. The Balaban J connectivity index is 1.88. The Morgan fingerprint density at radius 1 is 1.40 bits per heavy atom. The maximum atomic E-state index is 12.7. The summed E-state index contributed by atoms with van der Waals surface area (Å²) in [6.45, 7) is 7.76. The zero-order valence-electron chi connectivity index (χ0n) is 14.7. The van der Waals surface area contributed by atoms with E-state index in [1.807, 2.05) is 27.7 Å². The quantitative estimate of drug-likeness (QED) is 0.877. The third-order valence-corrected chi connectivity index (χ3v) is 7.18. The summed E-state index contributed by atoms with van der Waals surface area (Å²) in [4.78, 5) is 18.0. The van der Waals surface area contributed by atoms with Crippen molar-refractivity contribution in [3.05, 3.63) is 27.3 Å². The minimum atomic E-state index is -3.03. The van der Waals surface area contributed by atoms with Crippen molar-refractivity contribution in [3.8, 4) is 0 Å². The van der Waals surface area contributed by atoms with Crippen LogP contribution < -0.4 is 5.32 Å². The van der Waals surface area contributed by atoms with Crippen LogP contribution in [-0.4, -0.2) is 40.6 Å². The smallest absolute Gasteiger partial charge is 0.276 e. The highest BCUT2D eigenvalue weighted by Crippen LogP contribution is 2.29. The molecule has 1 fully saturated rings. The van der Waals surface area contributed by atoms with Gasteiger partial charge in [-0.1, -0.05) is 13.8 Å². The lowest BCUT2D eigenvalue weighted by Gasteiger charge is -2.14. The van der Waals surface area contributed by atoms with Crippen LogP contribution in [0.4, 0.5) is 5.82 Å². The van der Waals surface area contributed by atoms with Crippen molar-refractivity contribution in [2.45, 2.75) is 46.1 Å². The number of aromatic nitrogens is 3. The van der Waals surface area contributed by atoms with Gasteiger partial charge in [-0.25, -0.2) is 18.1 Å². The molecular weight excluding hydrogens is 360 g/mol. The van der Waals surface area contributed by atoms with Gasteiger partial charge in [0.2, 0.25) is 0 Å². The van der Waals surface area contributed by atoms with Crippen molar-refractivity contribution in [3.63, 3.8) is 0 Å². The number of rotatable bonds is 4. The Labute approximate surface area is 151 Å². The van der Waals surface area contributed by atoms with Crippen LogP contribution in [0.25, 0.3) is 0 Å². The molecule has 0 saturated carbocycles. The molecule has 0 spiro atoms. The Bertz CT molecular complexity index is 912. The van der Waals surface area contributed by atoms with Crippen molar-refractivity contribution in [2.75, 3.05) is 16.8 Å². The third kappa shape index (κ3) is 3.77. The first-order valence-corrected chi connectivity index (χ1v) is 10.9. The Kier molecular flexibility index (Phi) is 4.72. The Morgan fingerprint density at radius 3 is 2.72 bits per heavy atom. The molecule has 1 saturated heterocycles. The molecule has 0 aromatic carbocycles. The van der Waals surface area contributed by atoms with Crippen molar-refractivity contribution < 1.29 is 13.2 Å². The second kappa shape index (κ2) is 6.53. The SMILES string of the molecule is Cc1cc(NC(=O)c2nc(C)sc2C(C)C)n([C@@H]2CCS(=O)(=O)C2)n1. The van der Waals surface area contributed by atoms with E-state index < -0.39 is 9.84 Å². The van der Waals surface area contributed by atoms with Crippen LogP contribution in [-0.2, 0) is 9.84 Å². The summed E-state index contributed by atoms with van der Waals surface area (Å²) in [5.74, 6) is 0.662. The predicted octanol–water partition coefficient (Wildman–Crippen LogP) is 2.69. The second-order valence-corrected chi connectivity index (χ2v) is 10.2. The second-order valence-electron chi connectivity index (χ2n) is 6.73.